The van der Waals surface area contributed by atoms with Crippen molar-refractivity contribution in [2.45, 2.75) is 0 Å². The minimum absolute atomic E-state index is 0.0329. The topological polar surface area (TPSA) is 47.6 Å². The minimum atomic E-state index is -0.581. The maximum absolute atomic E-state index is 13.3. The summed E-state index contributed by atoms with van der Waals surface area (Å²) in [5.41, 5.74) is -0.0329. The molecule has 1 rings (SSSR count). The maximum atomic E-state index is 13.3. The van der Waals surface area contributed by atoms with Crippen molar-refractivity contribution >= 4 is 23.2 Å². The lowest BCUT2D eigenvalue weighted by atomic mass is 10.3. The number of carbonyl (C=O) groups excluding carboxylic acids is 1. The number of rotatable bonds is 6. The van der Waals surface area contributed by atoms with Crippen LogP contribution < -0.4 is 5.32 Å². The van der Waals surface area contributed by atoms with Crippen LogP contribution in [0.5, 0.6) is 0 Å². The van der Waals surface area contributed by atoms with E-state index in [0.717, 1.165) is 0 Å². The van der Waals surface area contributed by atoms with Crippen LogP contribution >= 0.6 is 11.6 Å². The van der Waals surface area contributed by atoms with Gasteiger partial charge in [-0.25, -0.2) is 4.39 Å². The molecule has 0 aliphatic carbocycles. The van der Waals surface area contributed by atoms with Gasteiger partial charge in [-0.15, -0.1) is 0 Å². The predicted molar refractivity (Wildman–Crippen MR) is 62.7 cm³/mol. The number of benzene rings is 1. The van der Waals surface area contributed by atoms with Gasteiger partial charge >= 0.3 is 0 Å². The molecule has 1 aromatic carbocycles. The van der Waals surface area contributed by atoms with E-state index >= 15 is 0 Å². The molecule has 0 heterocycles. The molecule has 4 nitrogen and oxygen atoms in total. The van der Waals surface area contributed by atoms with Crippen LogP contribution in [0.2, 0.25) is 5.02 Å². The second-order valence-electron chi connectivity index (χ2n) is 3.19. The Hall–Kier alpha value is -1.17. The summed E-state index contributed by atoms with van der Waals surface area (Å²) < 4.78 is 23.0. The highest BCUT2D eigenvalue weighted by molar-refractivity contribution is 6.33. The zero-order valence-electron chi connectivity index (χ0n) is 9.33. The van der Waals surface area contributed by atoms with Gasteiger partial charge in [0.05, 0.1) is 23.9 Å². The van der Waals surface area contributed by atoms with E-state index in [-0.39, 0.29) is 17.3 Å². The Bertz CT molecular complexity index is 367. The molecular weight excluding hydrogens is 249 g/mol. The van der Waals surface area contributed by atoms with Crippen molar-refractivity contribution in [2.75, 3.05) is 32.2 Å². The number of hydrogen-bond donors (Lipinski definition) is 1. The highest BCUT2D eigenvalue weighted by Crippen LogP contribution is 2.24. The Morgan fingerprint density at radius 2 is 2.24 bits per heavy atom. The van der Waals surface area contributed by atoms with Gasteiger partial charge in [0, 0.05) is 7.11 Å². The van der Waals surface area contributed by atoms with Gasteiger partial charge in [0.25, 0.3) is 0 Å². The first-order valence-electron chi connectivity index (χ1n) is 4.95. The first-order chi connectivity index (χ1) is 8.15. The molecule has 0 fully saturated rings. The molecule has 0 atom stereocenters. The molecular formula is C11H13ClFNO3. The SMILES string of the molecule is COCCOCC(=O)Nc1c(F)cccc1Cl. The largest absolute Gasteiger partial charge is 0.382 e. The Kier molecular flexibility index (Phi) is 5.90. The normalized spacial score (nSPS) is 10.3. The van der Waals surface area contributed by atoms with Gasteiger partial charge in [-0.2, -0.15) is 0 Å². The number of carbonyl (C=O) groups is 1. The van der Waals surface area contributed by atoms with Crippen molar-refractivity contribution < 1.29 is 18.7 Å². The van der Waals surface area contributed by atoms with E-state index in [2.05, 4.69) is 5.32 Å². The Morgan fingerprint density at radius 1 is 1.47 bits per heavy atom. The molecule has 0 radical (unpaired) electrons. The number of ether oxygens (including phenoxy) is 2. The second kappa shape index (κ2) is 7.21. The van der Waals surface area contributed by atoms with Crippen LogP contribution in [-0.4, -0.2) is 32.8 Å². The highest BCUT2D eigenvalue weighted by Gasteiger charge is 2.10. The summed E-state index contributed by atoms with van der Waals surface area (Å²) in [6, 6.07) is 4.17. The maximum Gasteiger partial charge on any atom is 0.250 e. The molecule has 0 saturated carbocycles. The number of nitrogens with one attached hydrogen (secondary N) is 1. The zero-order valence-corrected chi connectivity index (χ0v) is 10.1. The monoisotopic (exact) mass is 261 g/mol. The van der Waals surface area contributed by atoms with Crippen LogP contribution in [0.1, 0.15) is 0 Å². The third-order valence-corrected chi connectivity index (χ3v) is 2.21. The van der Waals surface area contributed by atoms with E-state index in [9.17, 15) is 9.18 Å². The molecule has 0 aliphatic heterocycles. The Morgan fingerprint density at radius 3 is 2.88 bits per heavy atom. The van der Waals surface area contributed by atoms with Crippen molar-refractivity contribution in [3.8, 4) is 0 Å². The van der Waals surface area contributed by atoms with Crippen LogP contribution in [0, 0.1) is 5.82 Å². The third kappa shape index (κ3) is 4.68. The van der Waals surface area contributed by atoms with E-state index in [1.807, 2.05) is 0 Å². The molecule has 17 heavy (non-hydrogen) atoms. The van der Waals surface area contributed by atoms with Crippen LogP contribution in [0.25, 0.3) is 0 Å². The molecule has 0 unspecified atom stereocenters. The van der Waals surface area contributed by atoms with Crippen LogP contribution in [0.3, 0.4) is 0 Å². The van der Waals surface area contributed by atoms with Crippen molar-refractivity contribution in [3.05, 3.63) is 29.0 Å². The molecule has 0 aromatic heterocycles. The van der Waals surface area contributed by atoms with Crippen LogP contribution in [0.4, 0.5) is 10.1 Å². The summed E-state index contributed by atoms with van der Waals surface area (Å²) in [6.07, 6.45) is 0. The van der Waals surface area contributed by atoms with Crippen molar-refractivity contribution in [2.24, 2.45) is 0 Å². The summed E-state index contributed by atoms with van der Waals surface area (Å²) in [5, 5.41) is 2.49. The van der Waals surface area contributed by atoms with E-state index in [1.54, 1.807) is 0 Å². The lowest BCUT2D eigenvalue weighted by Crippen LogP contribution is -2.20. The highest BCUT2D eigenvalue weighted by atomic mass is 35.5. The number of hydrogen-bond acceptors (Lipinski definition) is 3. The van der Waals surface area contributed by atoms with E-state index in [1.165, 1.54) is 25.3 Å². The van der Waals surface area contributed by atoms with Crippen molar-refractivity contribution in [3.63, 3.8) is 0 Å². The predicted octanol–water partition coefficient (Wildman–Crippen LogP) is 2.08. The number of para-hydroxylation sites is 1. The lowest BCUT2D eigenvalue weighted by Gasteiger charge is -2.08. The van der Waals surface area contributed by atoms with E-state index in [0.29, 0.717) is 13.2 Å². The van der Waals surface area contributed by atoms with Gasteiger partial charge in [0.15, 0.2) is 0 Å². The van der Waals surface area contributed by atoms with Gasteiger partial charge in [-0.1, -0.05) is 17.7 Å². The number of anilines is 1. The summed E-state index contributed by atoms with van der Waals surface area (Å²) in [4.78, 5) is 11.4. The molecule has 1 aromatic rings. The molecule has 0 aliphatic rings. The fourth-order valence-corrected chi connectivity index (χ4v) is 1.31. The first-order valence-corrected chi connectivity index (χ1v) is 5.33. The quantitative estimate of drug-likeness (QED) is 0.798. The molecule has 0 saturated heterocycles. The van der Waals surface area contributed by atoms with Crippen LogP contribution in [-0.2, 0) is 14.3 Å². The molecule has 6 heteroatoms. The zero-order chi connectivity index (χ0) is 12.7. The number of halogens is 2. The molecule has 0 spiro atoms. The fourth-order valence-electron chi connectivity index (χ4n) is 1.10. The minimum Gasteiger partial charge on any atom is -0.382 e. The number of amides is 1. The molecule has 0 bridgehead atoms. The third-order valence-electron chi connectivity index (χ3n) is 1.89. The summed E-state index contributed by atoms with van der Waals surface area (Å²) >= 11 is 5.74. The lowest BCUT2D eigenvalue weighted by molar-refractivity contribution is -0.121. The molecule has 1 amide bonds. The Balaban J connectivity index is 2.45. The molecule has 94 valence electrons. The number of methoxy groups -OCH3 is 1. The van der Waals surface area contributed by atoms with Crippen molar-refractivity contribution in [1.82, 2.24) is 0 Å². The summed E-state index contributed by atoms with van der Waals surface area (Å²) in [7, 11) is 1.53. The average molecular weight is 262 g/mol. The van der Waals surface area contributed by atoms with Gasteiger partial charge < -0.3 is 14.8 Å². The standard InChI is InChI=1S/C11H13ClFNO3/c1-16-5-6-17-7-10(15)14-11-8(12)3-2-4-9(11)13/h2-4H,5-7H2,1H3,(H,14,15). The summed E-state index contributed by atoms with van der Waals surface area (Å²) in [6.45, 7) is 0.524. The van der Waals surface area contributed by atoms with Gasteiger partial charge in [-0.05, 0) is 12.1 Å². The smallest absolute Gasteiger partial charge is 0.250 e. The van der Waals surface area contributed by atoms with Crippen molar-refractivity contribution in [1.29, 1.82) is 0 Å². The van der Waals surface area contributed by atoms with Gasteiger partial charge in [0.1, 0.15) is 12.4 Å². The summed E-state index contributed by atoms with van der Waals surface area (Å²) in [5.74, 6) is -1.05. The second-order valence-corrected chi connectivity index (χ2v) is 3.60. The van der Waals surface area contributed by atoms with Gasteiger partial charge in [0.2, 0.25) is 5.91 Å². The first kappa shape index (κ1) is 13.9. The van der Waals surface area contributed by atoms with Gasteiger partial charge in [-0.3, -0.25) is 4.79 Å². The van der Waals surface area contributed by atoms with E-state index in [4.69, 9.17) is 21.1 Å². The van der Waals surface area contributed by atoms with Crippen LogP contribution in [0.15, 0.2) is 18.2 Å². The average Bonchev–Trinajstić information content (AvgIpc) is 2.30. The fraction of sp³-hybridized carbons (Fsp3) is 0.364. The van der Waals surface area contributed by atoms with E-state index < -0.39 is 11.7 Å². The molecule has 1 N–H and O–H groups in total. The Labute approximate surface area is 104 Å².